The summed E-state index contributed by atoms with van der Waals surface area (Å²) in [6.45, 7) is -1.05. The molecule has 0 aromatic heterocycles. The van der Waals surface area contributed by atoms with Gasteiger partial charge in [-0.1, -0.05) is 30.3 Å². The van der Waals surface area contributed by atoms with E-state index < -0.39 is 118 Å². The van der Waals surface area contributed by atoms with Crippen molar-refractivity contribution in [2.24, 2.45) is 0 Å². The van der Waals surface area contributed by atoms with Gasteiger partial charge in [0.05, 0.1) is 26.4 Å². The predicted molar refractivity (Wildman–Crippen MR) is 142 cm³/mol. The average Bonchev–Trinajstić information content (AvgIpc) is 3.01. The quantitative estimate of drug-likeness (QED) is 0.109. The Hall–Kier alpha value is -1.91. The van der Waals surface area contributed by atoms with E-state index in [-0.39, 0.29) is 6.61 Å². The minimum Gasteiger partial charge on any atom is -0.394 e. The normalized spacial score (nSPS) is 43.0. The van der Waals surface area contributed by atoms with Crippen LogP contribution in [0.4, 0.5) is 0 Å². The molecule has 0 aliphatic carbocycles. The van der Waals surface area contributed by atoms with Gasteiger partial charge in [0.15, 0.2) is 18.9 Å². The predicted octanol–water partition coefficient (Wildman–Crippen LogP) is -5.20. The van der Waals surface area contributed by atoms with E-state index in [1.807, 2.05) is 6.07 Å². The van der Waals surface area contributed by atoms with Crippen LogP contribution in [0.2, 0.25) is 0 Å². The van der Waals surface area contributed by atoms with Crippen LogP contribution < -0.4 is 5.32 Å². The highest BCUT2D eigenvalue weighted by Crippen LogP contribution is 2.33. The van der Waals surface area contributed by atoms with Gasteiger partial charge in [-0.15, -0.1) is 0 Å². The number of nitrogens with one attached hydrogen (secondary N) is 1. The van der Waals surface area contributed by atoms with Crippen molar-refractivity contribution in [2.45, 2.75) is 106 Å². The van der Waals surface area contributed by atoms with Crippen molar-refractivity contribution < 1.29 is 79.2 Å². The number of ether oxygens (including phenoxy) is 6. The molecule has 3 saturated heterocycles. The second kappa shape index (κ2) is 15.6. The van der Waals surface area contributed by atoms with Crippen LogP contribution >= 0.6 is 0 Å². The van der Waals surface area contributed by atoms with Gasteiger partial charge in [-0.3, -0.25) is 4.79 Å². The maximum Gasteiger partial charge on any atom is 0.217 e. The fourth-order valence-corrected chi connectivity index (χ4v) is 5.33. The third-order valence-corrected chi connectivity index (χ3v) is 7.73. The van der Waals surface area contributed by atoms with Gasteiger partial charge < -0.3 is 79.7 Å². The summed E-state index contributed by atoms with van der Waals surface area (Å²) in [6.07, 6.45) is -22.7. The number of hydrogen-bond donors (Lipinski definition) is 10. The fraction of sp³-hybridized carbons (Fsp3) is 0.741. The summed E-state index contributed by atoms with van der Waals surface area (Å²) in [4.78, 5) is 12.2. The van der Waals surface area contributed by atoms with E-state index in [2.05, 4.69) is 5.32 Å². The second-order valence-electron chi connectivity index (χ2n) is 10.8. The van der Waals surface area contributed by atoms with Gasteiger partial charge in [0.1, 0.15) is 73.2 Å². The maximum absolute atomic E-state index is 12.2. The van der Waals surface area contributed by atoms with Crippen LogP contribution in [0.3, 0.4) is 0 Å². The fourth-order valence-electron chi connectivity index (χ4n) is 5.33. The van der Waals surface area contributed by atoms with Crippen molar-refractivity contribution >= 4 is 5.91 Å². The van der Waals surface area contributed by atoms with Crippen LogP contribution in [0.15, 0.2) is 30.3 Å². The monoisotopic (exact) mass is 635 g/mol. The minimum absolute atomic E-state index is 0.0128. The highest BCUT2D eigenvalue weighted by atomic mass is 16.7. The first-order chi connectivity index (χ1) is 21.0. The Labute approximate surface area is 252 Å². The van der Waals surface area contributed by atoms with E-state index >= 15 is 0 Å². The number of aliphatic hydroxyl groups is 9. The zero-order chi connectivity index (χ0) is 32.1. The molecule has 17 nitrogen and oxygen atoms in total. The number of benzene rings is 1. The average molecular weight is 636 g/mol. The molecule has 3 heterocycles. The molecule has 3 aliphatic rings. The van der Waals surface area contributed by atoms with E-state index in [1.54, 1.807) is 24.3 Å². The molecule has 17 heteroatoms. The second-order valence-corrected chi connectivity index (χ2v) is 10.8. The first-order valence-corrected chi connectivity index (χ1v) is 14.1. The summed E-state index contributed by atoms with van der Waals surface area (Å²) in [6, 6.07) is 7.72. The Morgan fingerprint density at radius 3 is 1.75 bits per heavy atom. The van der Waals surface area contributed by atoms with Crippen LogP contribution in [0, 0.1) is 0 Å². The molecule has 1 aromatic carbocycles. The number of carbonyl (C=O) groups excluding carboxylic acids is 1. The molecule has 10 N–H and O–H groups in total. The molecule has 44 heavy (non-hydrogen) atoms. The summed E-state index contributed by atoms with van der Waals surface area (Å²) in [5.74, 6) is -0.562. The van der Waals surface area contributed by atoms with Crippen molar-refractivity contribution in [3.05, 3.63) is 35.9 Å². The third-order valence-electron chi connectivity index (χ3n) is 7.73. The zero-order valence-corrected chi connectivity index (χ0v) is 23.8. The number of rotatable bonds is 11. The molecule has 3 aliphatic heterocycles. The minimum atomic E-state index is -1.91. The molecule has 15 atom stereocenters. The summed E-state index contributed by atoms with van der Waals surface area (Å²) >= 11 is 0. The summed E-state index contributed by atoms with van der Waals surface area (Å²) in [7, 11) is 0. The van der Waals surface area contributed by atoms with Crippen molar-refractivity contribution in [3.8, 4) is 0 Å². The van der Waals surface area contributed by atoms with Gasteiger partial charge >= 0.3 is 0 Å². The van der Waals surface area contributed by atoms with E-state index in [0.29, 0.717) is 0 Å². The summed E-state index contributed by atoms with van der Waals surface area (Å²) in [5, 5.41) is 95.5. The van der Waals surface area contributed by atoms with Gasteiger partial charge in [0.2, 0.25) is 5.91 Å². The summed E-state index contributed by atoms with van der Waals surface area (Å²) in [5.41, 5.74) is 0.751. The molecule has 1 aromatic rings. The van der Waals surface area contributed by atoms with Crippen molar-refractivity contribution in [1.29, 1.82) is 0 Å². The van der Waals surface area contributed by atoms with E-state index in [1.165, 1.54) is 6.92 Å². The van der Waals surface area contributed by atoms with Crippen LogP contribution in [0.5, 0.6) is 0 Å². The highest BCUT2D eigenvalue weighted by molar-refractivity contribution is 5.73. The van der Waals surface area contributed by atoms with Gasteiger partial charge in [0.25, 0.3) is 0 Å². The Morgan fingerprint density at radius 2 is 1.18 bits per heavy atom. The lowest BCUT2D eigenvalue weighted by atomic mass is 9.95. The molecule has 0 unspecified atom stereocenters. The zero-order valence-electron chi connectivity index (χ0n) is 23.8. The molecule has 0 radical (unpaired) electrons. The lowest BCUT2D eigenvalue weighted by Crippen LogP contribution is -2.68. The van der Waals surface area contributed by atoms with E-state index in [9.17, 15) is 50.8 Å². The lowest BCUT2D eigenvalue weighted by molar-refractivity contribution is -0.374. The van der Waals surface area contributed by atoms with Crippen LogP contribution in [-0.4, -0.2) is 164 Å². The standard InChI is InChI=1S/C27H41NO16/c1-11(32)28-16-23(18(34)14(8-30)40-25(16)39-10-12-5-3-2-4-6-12)43-27-22(38)24(19(35)15(9-31)42-27)44-26-21(37)20(36)17(33)13(7-29)41-26/h2-6,13-27,29-31,33-38H,7-10H2,1H3,(H,28,32)/t13-,14-,15-,16-,17+,18-,19+,20+,21-,22-,23-,24+,25-,26-,27+/m1/s1. The summed E-state index contributed by atoms with van der Waals surface area (Å²) < 4.78 is 34.0. The maximum atomic E-state index is 12.2. The molecule has 4 rings (SSSR count). The topological polar surface area (TPSA) is 267 Å². The molecule has 1 amide bonds. The number of carbonyl (C=O) groups is 1. The Kier molecular flexibility index (Phi) is 12.4. The Balaban J connectivity index is 1.57. The van der Waals surface area contributed by atoms with Crippen molar-refractivity contribution in [3.63, 3.8) is 0 Å². The van der Waals surface area contributed by atoms with Crippen molar-refractivity contribution in [1.82, 2.24) is 5.32 Å². The van der Waals surface area contributed by atoms with Gasteiger partial charge in [-0.2, -0.15) is 0 Å². The lowest BCUT2D eigenvalue weighted by Gasteiger charge is -2.49. The molecule has 0 bridgehead atoms. The molecule has 0 spiro atoms. The molecule has 250 valence electrons. The first kappa shape index (κ1) is 35.0. The number of aliphatic hydroxyl groups excluding tert-OH is 9. The molecule has 0 saturated carbocycles. The molecular weight excluding hydrogens is 594 g/mol. The van der Waals surface area contributed by atoms with E-state index in [0.717, 1.165) is 5.56 Å². The van der Waals surface area contributed by atoms with Crippen LogP contribution in [0.1, 0.15) is 12.5 Å². The highest BCUT2D eigenvalue weighted by Gasteiger charge is 2.54. The Bertz CT molecular complexity index is 1040. The van der Waals surface area contributed by atoms with Crippen LogP contribution in [-0.2, 0) is 39.8 Å². The smallest absolute Gasteiger partial charge is 0.217 e. The van der Waals surface area contributed by atoms with Gasteiger partial charge in [-0.05, 0) is 5.56 Å². The molecular formula is C27H41NO16. The largest absolute Gasteiger partial charge is 0.394 e. The van der Waals surface area contributed by atoms with E-state index in [4.69, 9.17) is 28.4 Å². The van der Waals surface area contributed by atoms with Crippen molar-refractivity contribution in [2.75, 3.05) is 19.8 Å². The number of amides is 1. The van der Waals surface area contributed by atoms with Gasteiger partial charge in [0, 0.05) is 6.92 Å². The molecule has 3 fully saturated rings. The Morgan fingerprint density at radius 1 is 0.682 bits per heavy atom. The number of hydrogen-bond acceptors (Lipinski definition) is 16. The first-order valence-electron chi connectivity index (χ1n) is 14.1. The third kappa shape index (κ3) is 7.72. The SMILES string of the molecule is CC(=O)N[C@H]1[C@H](OCc2ccccc2)O[C@H](CO)[C@@H](O)[C@@H]1O[C@@H]1O[C@H](CO)[C@H](O)[C@H](O[C@H]2O[C@H](CO)[C@H](O)[C@H](O)[C@H]2O)[C@H]1O. The van der Waals surface area contributed by atoms with Gasteiger partial charge in [-0.25, -0.2) is 0 Å². The van der Waals surface area contributed by atoms with Crippen LogP contribution in [0.25, 0.3) is 0 Å².